The van der Waals surface area contributed by atoms with E-state index in [0.717, 1.165) is 0 Å². The maximum atomic E-state index is 11.9. The molecule has 0 fully saturated rings. The van der Waals surface area contributed by atoms with Gasteiger partial charge in [0.25, 0.3) is 5.91 Å². The van der Waals surface area contributed by atoms with Crippen LogP contribution >= 0.6 is 0 Å². The van der Waals surface area contributed by atoms with E-state index in [2.05, 4.69) is 15.5 Å². The third-order valence-electron chi connectivity index (χ3n) is 3.14. The molecule has 3 rings (SSSR count). The Morgan fingerprint density at radius 1 is 1.17 bits per heavy atom. The molecular formula is C16H12N4O3. The molecule has 23 heavy (non-hydrogen) atoms. The van der Waals surface area contributed by atoms with E-state index in [1.165, 1.54) is 24.5 Å². The van der Waals surface area contributed by atoms with Crippen LogP contribution in [0.1, 0.15) is 15.9 Å². The average molecular weight is 308 g/mol. The van der Waals surface area contributed by atoms with E-state index in [-0.39, 0.29) is 11.4 Å². The normalized spacial score (nSPS) is 11.4. The lowest BCUT2D eigenvalue weighted by molar-refractivity contribution is 0.0954. The van der Waals surface area contributed by atoms with Crippen molar-refractivity contribution in [2.75, 3.05) is 0 Å². The van der Waals surface area contributed by atoms with Crippen LogP contribution in [0.4, 0.5) is 0 Å². The van der Waals surface area contributed by atoms with Crippen LogP contribution in [-0.2, 0) is 0 Å². The minimum Gasteiger partial charge on any atom is -0.422 e. The molecule has 0 aliphatic heterocycles. The van der Waals surface area contributed by atoms with Gasteiger partial charge in [0, 0.05) is 23.3 Å². The van der Waals surface area contributed by atoms with Crippen molar-refractivity contribution in [1.29, 1.82) is 0 Å². The lowest BCUT2D eigenvalue weighted by Crippen LogP contribution is -2.27. The van der Waals surface area contributed by atoms with Crippen molar-refractivity contribution in [2.24, 2.45) is 10.8 Å². The Balaban J connectivity index is 1.88. The second kappa shape index (κ2) is 6.10. The smallest absolute Gasteiger partial charge is 0.347 e. The van der Waals surface area contributed by atoms with Gasteiger partial charge in [-0.1, -0.05) is 18.2 Å². The second-order valence-corrected chi connectivity index (χ2v) is 4.66. The van der Waals surface area contributed by atoms with Crippen molar-refractivity contribution >= 4 is 22.7 Å². The Labute approximate surface area is 130 Å². The van der Waals surface area contributed by atoms with Crippen molar-refractivity contribution in [3.63, 3.8) is 0 Å². The van der Waals surface area contributed by atoms with Gasteiger partial charge in [0.2, 0.25) is 0 Å². The number of hydrogen-bond acceptors (Lipinski definition) is 5. The molecule has 0 spiro atoms. The topological polar surface area (TPSA) is 111 Å². The van der Waals surface area contributed by atoms with Gasteiger partial charge in [0.05, 0.1) is 0 Å². The average Bonchev–Trinajstić information content (AvgIpc) is 2.59. The van der Waals surface area contributed by atoms with Crippen molar-refractivity contribution in [1.82, 2.24) is 10.4 Å². The number of carbonyl (C=O) groups excluding carboxylic acids is 1. The fourth-order valence-corrected chi connectivity index (χ4v) is 1.98. The summed E-state index contributed by atoms with van der Waals surface area (Å²) in [5, 5.41) is 4.46. The molecule has 3 aromatic rings. The SMILES string of the molecule is N/C(=N\NC(=O)c1ccncc1)c1cc2ccccc2oc1=O. The van der Waals surface area contributed by atoms with E-state index in [9.17, 15) is 9.59 Å². The number of pyridine rings is 1. The summed E-state index contributed by atoms with van der Waals surface area (Å²) < 4.78 is 5.17. The van der Waals surface area contributed by atoms with Crippen molar-refractivity contribution in [2.45, 2.75) is 0 Å². The lowest BCUT2D eigenvalue weighted by atomic mass is 10.2. The number of hydrogen-bond donors (Lipinski definition) is 2. The van der Waals surface area contributed by atoms with Crippen LogP contribution in [0.2, 0.25) is 0 Å². The molecule has 0 aliphatic carbocycles. The van der Waals surface area contributed by atoms with Crippen LogP contribution in [0.5, 0.6) is 0 Å². The summed E-state index contributed by atoms with van der Waals surface area (Å²) in [5.74, 6) is -0.590. The molecule has 3 N–H and O–H groups in total. The number of amides is 1. The summed E-state index contributed by atoms with van der Waals surface area (Å²) in [5.41, 5.74) is 8.35. The molecule has 1 amide bonds. The lowest BCUT2D eigenvalue weighted by Gasteiger charge is -2.03. The Hall–Kier alpha value is -3.48. The van der Waals surface area contributed by atoms with Gasteiger partial charge in [0.15, 0.2) is 5.84 Å². The van der Waals surface area contributed by atoms with Crippen LogP contribution in [0.3, 0.4) is 0 Å². The molecule has 7 heteroatoms. The first kappa shape index (κ1) is 14.5. The fourth-order valence-electron chi connectivity index (χ4n) is 1.98. The molecule has 1 aromatic carbocycles. The molecule has 0 saturated carbocycles. The largest absolute Gasteiger partial charge is 0.422 e. The highest BCUT2D eigenvalue weighted by Crippen LogP contribution is 2.12. The summed E-state index contributed by atoms with van der Waals surface area (Å²) in [4.78, 5) is 27.6. The predicted octanol–water partition coefficient (Wildman–Crippen LogP) is 1.24. The third kappa shape index (κ3) is 3.08. The van der Waals surface area contributed by atoms with Gasteiger partial charge in [-0.3, -0.25) is 9.78 Å². The molecule has 0 saturated heterocycles. The molecule has 0 aliphatic rings. The van der Waals surface area contributed by atoms with Gasteiger partial charge in [-0.2, -0.15) is 5.10 Å². The quantitative estimate of drug-likeness (QED) is 0.327. The molecule has 0 unspecified atom stereocenters. The monoisotopic (exact) mass is 308 g/mol. The summed E-state index contributed by atoms with van der Waals surface area (Å²) in [6.45, 7) is 0. The zero-order chi connectivity index (χ0) is 16.2. The molecule has 0 radical (unpaired) electrons. The minimum atomic E-state index is -0.622. The predicted molar refractivity (Wildman–Crippen MR) is 84.9 cm³/mol. The minimum absolute atomic E-state index is 0.0822. The number of para-hydroxylation sites is 1. The van der Waals surface area contributed by atoms with E-state index < -0.39 is 11.5 Å². The number of amidine groups is 1. The highest BCUT2D eigenvalue weighted by molar-refractivity contribution is 6.01. The highest BCUT2D eigenvalue weighted by atomic mass is 16.4. The van der Waals surface area contributed by atoms with E-state index in [1.54, 1.807) is 24.3 Å². The third-order valence-corrected chi connectivity index (χ3v) is 3.14. The van der Waals surface area contributed by atoms with E-state index in [1.807, 2.05) is 6.07 Å². The Kier molecular flexibility index (Phi) is 3.84. The number of fused-ring (bicyclic) bond motifs is 1. The number of benzene rings is 1. The number of carbonyl (C=O) groups is 1. The van der Waals surface area contributed by atoms with Crippen molar-refractivity contribution in [3.05, 3.63) is 76.4 Å². The Morgan fingerprint density at radius 3 is 2.70 bits per heavy atom. The molecule has 7 nitrogen and oxygen atoms in total. The molecule has 2 aromatic heterocycles. The van der Waals surface area contributed by atoms with Gasteiger partial charge in [-0.15, -0.1) is 0 Å². The number of nitrogens with zero attached hydrogens (tertiary/aromatic N) is 2. The van der Waals surface area contributed by atoms with Crippen LogP contribution in [0, 0.1) is 0 Å². The first-order valence-corrected chi connectivity index (χ1v) is 6.72. The van der Waals surface area contributed by atoms with Gasteiger partial charge < -0.3 is 10.2 Å². The zero-order valence-electron chi connectivity index (χ0n) is 11.9. The summed E-state index contributed by atoms with van der Waals surface area (Å²) in [6.07, 6.45) is 2.97. The van der Waals surface area contributed by atoms with Crippen LogP contribution in [-0.4, -0.2) is 16.7 Å². The first-order valence-electron chi connectivity index (χ1n) is 6.72. The maximum absolute atomic E-state index is 11.9. The van der Waals surface area contributed by atoms with Crippen molar-refractivity contribution < 1.29 is 9.21 Å². The van der Waals surface area contributed by atoms with E-state index in [0.29, 0.717) is 16.5 Å². The van der Waals surface area contributed by atoms with E-state index in [4.69, 9.17) is 10.2 Å². The summed E-state index contributed by atoms with van der Waals surface area (Å²) in [7, 11) is 0. The molecule has 0 atom stereocenters. The fraction of sp³-hybridized carbons (Fsp3) is 0. The number of rotatable bonds is 3. The summed E-state index contributed by atoms with van der Waals surface area (Å²) >= 11 is 0. The molecule has 2 heterocycles. The molecule has 0 bridgehead atoms. The van der Waals surface area contributed by atoms with Gasteiger partial charge in [-0.05, 0) is 24.3 Å². The Bertz CT molecular complexity index is 948. The number of aromatic nitrogens is 1. The maximum Gasteiger partial charge on any atom is 0.347 e. The van der Waals surface area contributed by atoms with Crippen LogP contribution < -0.4 is 16.8 Å². The van der Waals surface area contributed by atoms with Gasteiger partial charge >= 0.3 is 5.63 Å². The number of hydrazone groups is 1. The van der Waals surface area contributed by atoms with Crippen molar-refractivity contribution in [3.8, 4) is 0 Å². The summed E-state index contributed by atoms with van der Waals surface area (Å²) in [6, 6.07) is 11.7. The van der Waals surface area contributed by atoms with Crippen LogP contribution in [0.25, 0.3) is 11.0 Å². The second-order valence-electron chi connectivity index (χ2n) is 4.66. The van der Waals surface area contributed by atoms with Gasteiger partial charge in [0.1, 0.15) is 11.1 Å². The first-order chi connectivity index (χ1) is 11.1. The zero-order valence-corrected chi connectivity index (χ0v) is 11.9. The van der Waals surface area contributed by atoms with E-state index >= 15 is 0 Å². The Morgan fingerprint density at radius 2 is 1.91 bits per heavy atom. The number of nitrogens with two attached hydrogens (primary N) is 1. The molecular weight excluding hydrogens is 296 g/mol. The van der Waals surface area contributed by atoms with Gasteiger partial charge in [-0.25, -0.2) is 10.2 Å². The van der Waals surface area contributed by atoms with Crippen LogP contribution in [0.15, 0.2) is 69.2 Å². The molecule has 114 valence electrons. The standard InChI is InChI=1S/C16H12N4O3/c17-14(19-20-15(21)10-5-7-18-8-6-10)12-9-11-3-1-2-4-13(11)23-16(12)22/h1-9H,(H2,17,19)(H,20,21). The number of nitrogens with one attached hydrogen (secondary N) is 1. The highest BCUT2D eigenvalue weighted by Gasteiger charge is 2.10.